The maximum Gasteiger partial charge on any atom is 0.240 e. The van der Waals surface area contributed by atoms with Gasteiger partial charge in [0.25, 0.3) is 0 Å². The highest BCUT2D eigenvalue weighted by atomic mass is 16.5. The van der Waals surface area contributed by atoms with E-state index in [4.69, 9.17) is 9.26 Å². The summed E-state index contributed by atoms with van der Waals surface area (Å²) >= 11 is 0. The zero-order chi connectivity index (χ0) is 13.5. The van der Waals surface area contributed by atoms with E-state index in [2.05, 4.69) is 15.5 Å². The maximum absolute atomic E-state index is 9.20. The van der Waals surface area contributed by atoms with E-state index < -0.39 is 0 Å². The first-order valence-electron chi connectivity index (χ1n) is 6.07. The Bertz CT molecular complexity index is 496. The molecule has 1 aromatic heterocycles. The molecule has 1 heterocycles. The summed E-state index contributed by atoms with van der Waals surface area (Å²) in [7, 11) is 1.66. The van der Waals surface area contributed by atoms with Gasteiger partial charge < -0.3 is 19.7 Å². The van der Waals surface area contributed by atoms with Crippen molar-refractivity contribution in [2.45, 2.75) is 13.0 Å². The van der Waals surface area contributed by atoms with E-state index in [0.29, 0.717) is 31.3 Å². The van der Waals surface area contributed by atoms with Crippen molar-refractivity contribution in [2.24, 2.45) is 0 Å². The molecule has 2 N–H and O–H groups in total. The number of rotatable bonds is 7. The molecule has 0 radical (unpaired) electrons. The average molecular weight is 263 g/mol. The Hall–Kier alpha value is -1.92. The van der Waals surface area contributed by atoms with Crippen molar-refractivity contribution >= 4 is 0 Å². The predicted octanol–water partition coefficient (Wildman–Crippen LogP) is 1.10. The molecule has 0 atom stereocenters. The molecule has 0 unspecified atom stereocenters. The number of aromatic hydroxyl groups is 1. The second-order valence-electron chi connectivity index (χ2n) is 4.12. The zero-order valence-corrected chi connectivity index (χ0v) is 10.8. The van der Waals surface area contributed by atoms with Gasteiger partial charge in [-0.05, 0) is 17.7 Å². The lowest BCUT2D eigenvalue weighted by molar-refractivity contribution is 0.197. The topological polar surface area (TPSA) is 80.4 Å². The Morgan fingerprint density at radius 1 is 1.32 bits per heavy atom. The van der Waals surface area contributed by atoms with Gasteiger partial charge in [0.05, 0.1) is 13.2 Å². The number of nitrogens with one attached hydrogen (secondary N) is 1. The van der Waals surface area contributed by atoms with Gasteiger partial charge in [-0.3, -0.25) is 0 Å². The first-order valence-corrected chi connectivity index (χ1v) is 6.07. The second-order valence-corrected chi connectivity index (χ2v) is 4.12. The van der Waals surface area contributed by atoms with Gasteiger partial charge in [0.1, 0.15) is 5.75 Å². The number of phenols is 1. The van der Waals surface area contributed by atoms with Gasteiger partial charge in [-0.15, -0.1) is 0 Å². The molecule has 0 amide bonds. The molecule has 102 valence electrons. The number of nitrogens with zero attached hydrogens (tertiary/aromatic N) is 2. The van der Waals surface area contributed by atoms with Crippen LogP contribution in [0.4, 0.5) is 0 Å². The van der Waals surface area contributed by atoms with E-state index in [1.807, 2.05) is 12.1 Å². The average Bonchev–Trinajstić information content (AvgIpc) is 2.85. The van der Waals surface area contributed by atoms with E-state index in [1.165, 1.54) is 0 Å². The van der Waals surface area contributed by atoms with Gasteiger partial charge in [0.2, 0.25) is 5.89 Å². The van der Waals surface area contributed by atoms with Crippen LogP contribution in [-0.2, 0) is 17.7 Å². The summed E-state index contributed by atoms with van der Waals surface area (Å²) in [6.45, 7) is 1.92. The Morgan fingerprint density at radius 2 is 2.11 bits per heavy atom. The summed E-state index contributed by atoms with van der Waals surface area (Å²) in [5.41, 5.74) is 1.03. The Labute approximate surface area is 111 Å². The third kappa shape index (κ3) is 4.35. The second kappa shape index (κ2) is 6.86. The molecule has 0 spiro atoms. The van der Waals surface area contributed by atoms with Crippen molar-refractivity contribution in [2.75, 3.05) is 20.3 Å². The largest absolute Gasteiger partial charge is 0.508 e. The zero-order valence-electron chi connectivity index (χ0n) is 10.8. The highest BCUT2D eigenvalue weighted by molar-refractivity contribution is 5.27. The maximum atomic E-state index is 9.20. The van der Waals surface area contributed by atoms with Crippen LogP contribution < -0.4 is 5.32 Å². The van der Waals surface area contributed by atoms with E-state index in [9.17, 15) is 5.11 Å². The lowest BCUT2D eigenvalue weighted by Crippen LogP contribution is -2.18. The summed E-state index contributed by atoms with van der Waals surface area (Å²) < 4.78 is 10.1. The van der Waals surface area contributed by atoms with Crippen LogP contribution in [-0.4, -0.2) is 35.5 Å². The standard InChI is InChI=1S/C13H17N3O3/c1-18-7-6-14-9-13-15-12(16-19-13)8-10-2-4-11(17)5-3-10/h2-5,14,17H,6-9H2,1H3. The molecule has 0 aliphatic heterocycles. The Balaban J connectivity index is 1.85. The van der Waals surface area contributed by atoms with Crippen molar-refractivity contribution in [1.29, 1.82) is 0 Å². The molecule has 1 aromatic carbocycles. The molecule has 6 nitrogen and oxygen atoms in total. The van der Waals surface area contributed by atoms with Crippen LogP contribution in [0.3, 0.4) is 0 Å². The number of aromatic nitrogens is 2. The van der Waals surface area contributed by atoms with Gasteiger partial charge in [-0.1, -0.05) is 17.3 Å². The molecule has 0 saturated heterocycles. The first-order chi connectivity index (χ1) is 9.28. The van der Waals surface area contributed by atoms with E-state index in [-0.39, 0.29) is 5.75 Å². The highest BCUT2D eigenvalue weighted by Crippen LogP contribution is 2.12. The molecule has 6 heteroatoms. The number of benzene rings is 1. The molecule has 0 bridgehead atoms. The SMILES string of the molecule is COCCNCc1nc(Cc2ccc(O)cc2)no1. The van der Waals surface area contributed by atoms with Gasteiger partial charge in [0.15, 0.2) is 5.82 Å². The molecule has 0 saturated carbocycles. The van der Waals surface area contributed by atoms with Crippen molar-refractivity contribution in [3.8, 4) is 5.75 Å². The fraction of sp³-hybridized carbons (Fsp3) is 0.385. The Morgan fingerprint density at radius 3 is 2.84 bits per heavy atom. The number of hydrogen-bond acceptors (Lipinski definition) is 6. The quantitative estimate of drug-likeness (QED) is 0.728. The van der Waals surface area contributed by atoms with Gasteiger partial charge in [-0.2, -0.15) is 4.98 Å². The third-order valence-electron chi connectivity index (χ3n) is 2.57. The van der Waals surface area contributed by atoms with Crippen molar-refractivity contribution in [3.63, 3.8) is 0 Å². The van der Waals surface area contributed by atoms with Gasteiger partial charge in [0, 0.05) is 20.1 Å². The minimum absolute atomic E-state index is 0.250. The molecule has 0 fully saturated rings. The van der Waals surface area contributed by atoms with Gasteiger partial charge >= 0.3 is 0 Å². The summed E-state index contributed by atoms with van der Waals surface area (Å²) in [6.07, 6.45) is 0.585. The molecule has 0 aliphatic rings. The number of ether oxygens (including phenoxy) is 1. The lowest BCUT2D eigenvalue weighted by Gasteiger charge is -1.98. The first kappa shape index (κ1) is 13.5. The summed E-state index contributed by atoms with van der Waals surface area (Å²) in [5, 5.41) is 16.2. The third-order valence-corrected chi connectivity index (χ3v) is 2.57. The molecular formula is C13H17N3O3. The smallest absolute Gasteiger partial charge is 0.240 e. The molecule has 19 heavy (non-hydrogen) atoms. The summed E-state index contributed by atoms with van der Waals surface area (Å²) in [5.74, 6) is 1.44. The number of methoxy groups -OCH3 is 1. The monoisotopic (exact) mass is 263 g/mol. The van der Waals surface area contributed by atoms with Crippen molar-refractivity contribution in [1.82, 2.24) is 15.5 Å². The summed E-state index contributed by atoms with van der Waals surface area (Å²) in [4.78, 5) is 4.28. The minimum Gasteiger partial charge on any atom is -0.508 e. The number of phenolic OH excluding ortho intramolecular Hbond substituents is 1. The van der Waals surface area contributed by atoms with Gasteiger partial charge in [-0.25, -0.2) is 0 Å². The molecule has 0 aliphatic carbocycles. The van der Waals surface area contributed by atoms with E-state index >= 15 is 0 Å². The van der Waals surface area contributed by atoms with Crippen molar-refractivity contribution in [3.05, 3.63) is 41.5 Å². The predicted molar refractivity (Wildman–Crippen MR) is 68.8 cm³/mol. The van der Waals surface area contributed by atoms with Crippen LogP contribution in [0.5, 0.6) is 5.75 Å². The molecule has 2 rings (SSSR count). The van der Waals surface area contributed by atoms with Crippen LogP contribution in [0, 0.1) is 0 Å². The van der Waals surface area contributed by atoms with Crippen molar-refractivity contribution < 1.29 is 14.4 Å². The van der Waals surface area contributed by atoms with Crippen LogP contribution in [0.1, 0.15) is 17.3 Å². The fourth-order valence-corrected chi connectivity index (χ4v) is 1.60. The van der Waals surface area contributed by atoms with E-state index in [0.717, 1.165) is 12.1 Å². The Kier molecular flexibility index (Phi) is 4.88. The van der Waals surface area contributed by atoms with Crippen LogP contribution in [0.15, 0.2) is 28.8 Å². The summed E-state index contributed by atoms with van der Waals surface area (Å²) in [6, 6.07) is 6.95. The molecule has 2 aromatic rings. The highest BCUT2D eigenvalue weighted by Gasteiger charge is 2.06. The normalized spacial score (nSPS) is 10.8. The lowest BCUT2D eigenvalue weighted by atomic mass is 10.1. The van der Waals surface area contributed by atoms with Crippen LogP contribution >= 0.6 is 0 Å². The minimum atomic E-state index is 0.250. The van der Waals surface area contributed by atoms with Crippen LogP contribution in [0.25, 0.3) is 0 Å². The van der Waals surface area contributed by atoms with E-state index in [1.54, 1.807) is 19.2 Å². The molecular weight excluding hydrogens is 246 g/mol. The van der Waals surface area contributed by atoms with Crippen LogP contribution in [0.2, 0.25) is 0 Å². The number of hydrogen-bond donors (Lipinski definition) is 2. The fourth-order valence-electron chi connectivity index (χ4n) is 1.60.